The molecule has 9 heteroatoms. The van der Waals surface area contributed by atoms with E-state index in [1.165, 1.54) is 0 Å². The molecule has 0 aliphatic carbocycles. The van der Waals surface area contributed by atoms with Crippen LogP contribution in [0.5, 0.6) is 11.5 Å². The van der Waals surface area contributed by atoms with Crippen LogP contribution in [0, 0.1) is 11.8 Å². The van der Waals surface area contributed by atoms with Crippen molar-refractivity contribution in [1.82, 2.24) is 25.0 Å². The average molecular weight is 458 g/mol. The molecule has 1 N–H and O–H groups in total. The van der Waals surface area contributed by atoms with E-state index in [-0.39, 0.29) is 23.8 Å². The number of hydrogen-bond donors (Lipinski definition) is 1. The number of carbonyl (C=O) groups excluding carboxylic acids is 1. The molecule has 2 atom stereocenters. The molecule has 1 aromatic heterocycles. The van der Waals surface area contributed by atoms with Gasteiger partial charge >= 0.3 is 0 Å². The van der Waals surface area contributed by atoms with E-state index in [0.29, 0.717) is 13.2 Å². The molecule has 4 rings (SSSR count). The SMILES string of the molecule is COc1cc(CN2CCc3nnc(C(NC(=O)C4CCOC4)C(C)C)n3CC2)cc(OC)c1. The maximum atomic E-state index is 12.8. The van der Waals surface area contributed by atoms with E-state index in [1.807, 2.05) is 6.07 Å². The summed E-state index contributed by atoms with van der Waals surface area (Å²) in [5.74, 6) is 3.58. The summed E-state index contributed by atoms with van der Waals surface area (Å²) in [6.45, 7) is 8.70. The maximum Gasteiger partial charge on any atom is 0.226 e. The summed E-state index contributed by atoms with van der Waals surface area (Å²) in [5.41, 5.74) is 1.15. The molecule has 180 valence electrons. The molecule has 2 aromatic rings. The smallest absolute Gasteiger partial charge is 0.226 e. The van der Waals surface area contributed by atoms with Crippen LogP contribution in [0.3, 0.4) is 0 Å². The Morgan fingerprint density at radius 1 is 1.15 bits per heavy atom. The van der Waals surface area contributed by atoms with Crippen molar-refractivity contribution in [3.05, 3.63) is 35.4 Å². The highest BCUT2D eigenvalue weighted by Gasteiger charge is 2.31. The Hall–Kier alpha value is -2.65. The Morgan fingerprint density at radius 2 is 1.91 bits per heavy atom. The third-order valence-corrected chi connectivity index (χ3v) is 6.51. The summed E-state index contributed by atoms with van der Waals surface area (Å²) in [6, 6.07) is 5.82. The van der Waals surface area contributed by atoms with Crippen LogP contribution in [-0.4, -0.2) is 66.1 Å². The number of fused-ring (bicyclic) bond motifs is 1. The number of nitrogens with zero attached hydrogens (tertiary/aromatic N) is 4. The van der Waals surface area contributed by atoms with Gasteiger partial charge in [-0.1, -0.05) is 13.8 Å². The predicted molar refractivity (Wildman–Crippen MR) is 123 cm³/mol. The van der Waals surface area contributed by atoms with Crippen molar-refractivity contribution in [2.45, 2.75) is 45.8 Å². The van der Waals surface area contributed by atoms with Crippen molar-refractivity contribution < 1.29 is 19.0 Å². The second-order valence-electron chi connectivity index (χ2n) is 9.16. The fourth-order valence-electron chi connectivity index (χ4n) is 4.53. The molecule has 0 radical (unpaired) electrons. The fourth-order valence-corrected chi connectivity index (χ4v) is 4.53. The highest BCUT2D eigenvalue weighted by molar-refractivity contribution is 5.79. The van der Waals surface area contributed by atoms with E-state index in [2.05, 4.69) is 51.0 Å². The number of carbonyl (C=O) groups is 1. The standard InChI is InChI=1S/C24H35N5O4/c1-16(2)22(25-24(30)18-6-10-33-15-18)23-27-26-21-5-7-28(8-9-29(21)23)14-17-11-19(31-3)13-20(12-17)32-4/h11-13,16,18,22H,5-10,14-15H2,1-4H3,(H,25,30). The zero-order valence-electron chi connectivity index (χ0n) is 20.0. The lowest BCUT2D eigenvalue weighted by atomic mass is 10.0. The van der Waals surface area contributed by atoms with E-state index in [4.69, 9.17) is 14.2 Å². The van der Waals surface area contributed by atoms with Crippen LogP contribution in [0.2, 0.25) is 0 Å². The van der Waals surface area contributed by atoms with E-state index >= 15 is 0 Å². The van der Waals surface area contributed by atoms with Crippen LogP contribution in [0.1, 0.15) is 43.5 Å². The van der Waals surface area contributed by atoms with Gasteiger partial charge in [0.05, 0.1) is 32.8 Å². The zero-order valence-corrected chi connectivity index (χ0v) is 20.0. The van der Waals surface area contributed by atoms with Crippen molar-refractivity contribution in [1.29, 1.82) is 0 Å². The van der Waals surface area contributed by atoms with Gasteiger partial charge in [0.25, 0.3) is 0 Å². The van der Waals surface area contributed by atoms with Crippen LogP contribution < -0.4 is 14.8 Å². The molecular weight excluding hydrogens is 422 g/mol. The first kappa shape index (κ1) is 23.5. The van der Waals surface area contributed by atoms with Crippen LogP contribution in [0.15, 0.2) is 18.2 Å². The monoisotopic (exact) mass is 457 g/mol. The predicted octanol–water partition coefficient (Wildman–Crippen LogP) is 2.20. The van der Waals surface area contributed by atoms with Gasteiger partial charge in [-0.3, -0.25) is 9.69 Å². The molecule has 1 aromatic carbocycles. The van der Waals surface area contributed by atoms with Crippen LogP contribution in [0.4, 0.5) is 0 Å². The molecule has 9 nitrogen and oxygen atoms in total. The molecule has 3 heterocycles. The number of hydrogen-bond acceptors (Lipinski definition) is 7. The van der Waals surface area contributed by atoms with E-state index in [0.717, 1.165) is 67.7 Å². The number of benzene rings is 1. The van der Waals surface area contributed by atoms with Gasteiger partial charge in [-0.15, -0.1) is 10.2 Å². The molecule has 1 saturated heterocycles. The Morgan fingerprint density at radius 3 is 2.55 bits per heavy atom. The Balaban J connectivity index is 1.46. The van der Waals surface area contributed by atoms with Crippen molar-refractivity contribution in [3.8, 4) is 11.5 Å². The first-order chi connectivity index (χ1) is 16.0. The van der Waals surface area contributed by atoms with Crippen molar-refractivity contribution in [2.24, 2.45) is 11.8 Å². The number of nitrogens with one attached hydrogen (secondary N) is 1. The molecule has 1 amide bonds. The van der Waals surface area contributed by atoms with E-state index in [9.17, 15) is 4.79 Å². The molecular formula is C24H35N5O4. The molecule has 0 saturated carbocycles. The second-order valence-corrected chi connectivity index (χ2v) is 9.16. The van der Waals surface area contributed by atoms with Crippen molar-refractivity contribution in [3.63, 3.8) is 0 Å². The lowest BCUT2D eigenvalue weighted by Crippen LogP contribution is -2.38. The normalized spacial score (nSPS) is 19.7. The minimum Gasteiger partial charge on any atom is -0.497 e. The number of amides is 1. The van der Waals surface area contributed by atoms with Gasteiger partial charge in [0.1, 0.15) is 17.3 Å². The zero-order chi connectivity index (χ0) is 23.4. The van der Waals surface area contributed by atoms with Gasteiger partial charge in [0.15, 0.2) is 5.82 Å². The van der Waals surface area contributed by atoms with Gasteiger partial charge in [-0.25, -0.2) is 0 Å². The minimum atomic E-state index is -0.173. The highest BCUT2D eigenvalue weighted by atomic mass is 16.5. The van der Waals surface area contributed by atoms with Crippen LogP contribution >= 0.6 is 0 Å². The van der Waals surface area contributed by atoms with Crippen molar-refractivity contribution >= 4 is 5.91 Å². The summed E-state index contributed by atoms with van der Waals surface area (Å²) < 4.78 is 18.4. The van der Waals surface area contributed by atoms with Gasteiger partial charge in [-0.05, 0) is 30.0 Å². The number of ether oxygens (including phenoxy) is 3. The second kappa shape index (κ2) is 10.5. The summed E-state index contributed by atoms with van der Waals surface area (Å²) in [6.07, 6.45) is 1.59. The quantitative estimate of drug-likeness (QED) is 0.650. The molecule has 0 spiro atoms. The summed E-state index contributed by atoms with van der Waals surface area (Å²) in [4.78, 5) is 15.2. The van der Waals surface area contributed by atoms with Gasteiger partial charge in [0, 0.05) is 45.3 Å². The summed E-state index contributed by atoms with van der Waals surface area (Å²) in [7, 11) is 3.34. The maximum absolute atomic E-state index is 12.8. The minimum absolute atomic E-state index is 0.0470. The Labute approximate surface area is 195 Å². The van der Waals surface area contributed by atoms with Gasteiger partial charge < -0.3 is 24.1 Å². The molecule has 2 aliphatic rings. The fraction of sp³-hybridized carbons (Fsp3) is 0.625. The van der Waals surface area contributed by atoms with Crippen molar-refractivity contribution in [2.75, 3.05) is 40.5 Å². The van der Waals surface area contributed by atoms with Crippen LogP contribution in [0.25, 0.3) is 0 Å². The number of aromatic nitrogens is 3. The molecule has 33 heavy (non-hydrogen) atoms. The summed E-state index contributed by atoms with van der Waals surface area (Å²) >= 11 is 0. The highest BCUT2D eigenvalue weighted by Crippen LogP contribution is 2.26. The molecule has 0 bridgehead atoms. The van der Waals surface area contributed by atoms with Gasteiger partial charge in [0.2, 0.25) is 5.91 Å². The topological polar surface area (TPSA) is 90.7 Å². The lowest BCUT2D eigenvalue weighted by molar-refractivity contribution is -0.126. The Kier molecular flexibility index (Phi) is 7.49. The average Bonchev–Trinajstić information content (AvgIpc) is 3.45. The third kappa shape index (κ3) is 5.47. The van der Waals surface area contributed by atoms with Crippen LogP contribution in [-0.2, 0) is 29.0 Å². The molecule has 2 unspecified atom stereocenters. The van der Waals surface area contributed by atoms with E-state index < -0.39 is 0 Å². The summed E-state index contributed by atoms with van der Waals surface area (Å²) in [5, 5.41) is 12.2. The largest absolute Gasteiger partial charge is 0.497 e. The molecule has 2 aliphatic heterocycles. The lowest BCUT2D eigenvalue weighted by Gasteiger charge is -2.24. The van der Waals surface area contributed by atoms with Gasteiger partial charge in [-0.2, -0.15) is 0 Å². The third-order valence-electron chi connectivity index (χ3n) is 6.51. The first-order valence-electron chi connectivity index (χ1n) is 11.7. The Bertz CT molecular complexity index is 932. The first-order valence-corrected chi connectivity index (χ1v) is 11.7. The van der Waals surface area contributed by atoms with E-state index in [1.54, 1.807) is 14.2 Å². The number of methoxy groups -OCH3 is 2. The molecule has 1 fully saturated rings. The number of rotatable bonds is 8.